The zero-order chi connectivity index (χ0) is 18.8. The number of hydrogen-bond acceptors (Lipinski definition) is 2. The Labute approximate surface area is 170 Å². The van der Waals surface area contributed by atoms with E-state index in [2.05, 4.69) is 26.1 Å². The van der Waals surface area contributed by atoms with E-state index in [1.165, 1.54) is 25.7 Å². The van der Waals surface area contributed by atoms with Crippen LogP contribution in [0.4, 0.5) is 0 Å². The van der Waals surface area contributed by atoms with Gasteiger partial charge in [0.15, 0.2) is 8.32 Å². The first-order valence-corrected chi connectivity index (χ1v) is 13.6. The third-order valence-corrected chi connectivity index (χ3v) is 12.1. The summed E-state index contributed by atoms with van der Waals surface area (Å²) in [7, 11) is -1.75. The van der Waals surface area contributed by atoms with Gasteiger partial charge in [0.1, 0.15) is 0 Å². The molecule has 2 nitrogen and oxygen atoms in total. The molecule has 0 amide bonds. The molecule has 1 unspecified atom stereocenters. The molecule has 0 bridgehead atoms. The Hall–Kier alpha value is -0.0631. The van der Waals surface area contributed by atoms with Crippen molar-refractivity contribution < 1.29 is 4.43 Å². The van der Waals surface area contributed by atoms with Crippen LogP contribution >= 0.6 is 23.2 Å². The molecule has 1 aromatic carbocycles. The molecular weight excluding hydrogens is 381 g/mol. The van der Waals surface area contributed by atoms with Crippen LogP contribution in [0, 0.1) is 11.3 Å². The standard InChI is InChI=1S/C21H33Cl2NOSi/c1-4-26(5-2,6-3)25-19(20-17(22)8-7-9-18(20)23)15-24-14-16-12-21(13-16)10-11-21/h7-9,16,19,24H,4-6,10-15H2,1-3H3. The second kappa shape index (κ2) is 8.53. The molecule has 0 radical (unpaired) electrons. The molecule has 0 saturated heterocycles. The Bertz CT molecular complexity index is 580. The van der Waals surface area contributed by atoms with Gasteiger partial charge in [-0.2, -0.15) is 0 Å². The lowest BCUT2D eigenvalue weighted by Gasteiger charge is -2.37. The fourth-order valence-corrected chi connectivity index (χ4v) is 8.08. The van der Waals surface area contributed by atoms with Gasteiger partial charge in [0.2, 0.25) is 0 Å². The number of nitrogens with one attached hydrogen (secondary N) is 1. The van der Waals surface area contributed by atoms with Gasteiger partial charge in [-0.25, -0.2) is 0 Å². The Morgan fingerprint density at radius 2 is 1.69 bits per heavy atom. The van der Waals surface area contributed by atoms with Gasteiger partial charge in [-0.15, -0.1) is 0 Å². The van der Waals surface area contributed by atoms with Gasteiger partial charge in [0.25, 0.3) is 0 Å². The maximum Gasteiger partial charge on any atom is 0.192 e. The summed E-state index contributed by atoms with van der Waals surface area (Å²) in [4.78, 5) is 0. The fraction of sp³-hybridized carbons (Fsp3) is 0.714. The van der Waals surface area contributed by atoms with Gasteiger partial charge in [0.05, 0.1) is 6.10 Å². The highest BCUT2D eigenvalue weighted by atomic mass is 35.5. The van der Waals surface area contributed by atoms with Crippen molar-refractivity contribution in [3.05, 3.63) is 33.8 Å². The van der Waals surface area contributed by atoms with Crippen LogP contribution in [0.5, 0.6) is 0 Å². The molecule has 1 N–H and O–H groups in total. The molecule has 2 fully saturated rings. The van der Waals surface area contributed by atoms with Crippen molar-refractivity contribution in [2.45, 2.75) is 70.7 Å². The quantitative estimate of drug-likeness (QED) is 0.423. The highest BCUT2D eigenvalue weighted by Crippen LogP contribution is 2.63. The third-order valence-electron chi connectivity index (χ3n) is 6.81. The summed E-state index contributed by atoms with van der Waals surface area (Å²) in [5, 5.41) is 5.12. The van der Waals surface area contributed by atoms with Crippen molar-refractivity contribution in [3.8, 4) is 0 Å². The Kier molecular flexibility index (Phi) is 6.78. The Balaban J connectivity index is 1.68. The average molecular weight is 414 g/mol. The van der Waals surface area contributed by atoms with Crippen LogP contribution in [0.15, 0.2) is 18.2 Å². The van der Waals surface area contributed by atoms with Gasteiger partial charge in [0, 0.05) is 22.2 Å². The topological polar surface area (TPSA) is 21.3 Å². The molecule has 0 aromatic heterocycles. The van der Waals surface area contributed by atoms with E-state index in [1.807, 2.05) is 18.2 Å². The molecule has 26 heavy (non-hydrogen) atoms. The summed E-state index contributed by atoms with van der Waals surface area (Å²) >= 11 is 13.1. The number of halogens is 2. The van der Waals surface area contributed by atoms with E-state index in [-0.39, 0.29) is 6.10 Å². The Morgan fingerprint density at radius 3 is 2.19 bits per heavy atom. The smallest absolute Gasteiger partial charge is 0.192 e. The minimum Gasteiger partial charge on any atom is -0.409 e. The fourth-order valence-electron chi connectivity index (χ4n) is 4.64. The predicted octanol–water partition coefficient (Wildman–Crippen LogP) is 6.84. The van der Waals surface area contributed by atoms with Crippen molar-refractivity contribution in [2.75, 3.05) is 13.1 Å². The molecule has 1 spiro atoms. The van der Waals surface area contributed by atoms with Crippen molar-refractivity contribution >= 4 is 31.5 Å². The molecule has 2 saturated carbocycles. The second-order valence-electron chi connectivity index (χ2n) is 8.42. The van der Waals surface area contributed by atoms with Gasteiger partial charge < -0.3 is 9.74 Å². The maximum absolute atomic E-state index is 6.83. The van der Waals surface area contributed by atoms with Crippen LogP contribution in [0.1, 0.15) is 58.1 Å². The van der Waals surface area contributed by atoms with E-state index in [1.54, 1.807) is 0 Å². The Morgan fingerprint density at radius 1 is 1.12 bits per heavy atom. The predicted molar refractivity (Wildman–Crippen MR) is 115 cm³/mol. The first-order chi connectivity index (χ1) is 12.5. The minimum atomic E-state index is -1.75. The lowest BCUT2D eigenvalue weighted by atomic mass is 9.72. The van der Waals surface area contributed by atoms with Crippen LogP contribution in [0.3, 0.4) is 0 Å². The second-order valence-corrected chi connectivity index (χ2v) is 14.0. The molecule has 1 atom stereocenters. The lowest BCUT2D eigenvalue weighted by molar-refractivity contribution is 0.148. The number of benzene rings is 1. The van der Waals surface area contributed by atoms with Crippen molar-refractivity contribution in [1.29, 1.82) is 0 Å². The van der Waals surface area contributed by atoms with Crippen LogP contribution in [0.25, 0.3) is 0 Å². The largest absolute Gasteiger partial charge is 0.409 e. The molecule has 2 aliphatic rings. The van der Waals surface area contributed by atoms with E-state index in [9.17, 15) is 0 Å². The highest BCUT2D eigenvalue weighted by Gasteiger charge is 2.52. The summed E-state index contributed by atoms with van der Waals surface area (Å²) in [5.74, 6) is 0.838. The minimum absolute atomic E-state index is 0.0577. The van der Waals surface area contributed by atoms with Crippen LogP contribution < -0.4 is 5.32 Å². The molecule has 146 valence electrons. The van der Waals surface area contributed by atoms with E-state index in [0.29, 0.717) is 0 Å². The zero-order valence-corrected chi connectivity index (χ0v) is 18.9. The summed E-state index contributed by atoms with van der Waals surface area (Å²) in [6, 6.07) is 9.15. The first kappa shape index (κ1) is 20.7. The summed E-state index contributed by atoms with van der Waals surface area (Å²) in [6.45, 7) is 8.68. The normalized spacial score (nSPS) is 20.2. The highest BCUT2D eigenvalue weighted by molar-refractivity contribution is 6.73. The van der Waals surface area contributed by atoms with Crippen molar-refractivity contribution in [3.63, 3.8) is 0 Å². The van der Waals surface area contributed by atoms with Gasteiger partial charge in [-0.05, 0) is 73.8 Å². The summed E-state index contributed by atoms with van der Waals surface area (Å²) in [6.07, 6.45) is 5.69. The molecule has 1 aromatic rings. The maximum atomic E-state index is 6.83. The van der Waals surface area contributed by atoms with Crippen LogP contribution in [-0.2, 0) is 4.43 Å². The molecule has 5 heteroatoms. The third kappa shape index (κ3) is 4.49. The monoisotopic (exact) mass is 413 g/mol. The lowest BCUT2D eigenvalue weighted by Crippen LogP contribution is -2.41. The van der Waals surface area contributed by atoms with Gasteiger partial charge >= 0.3 is 0 Å². The average Bonchev–Trinajstić information content (AvgIpc) is 3.39. The molecular formula is C21H33Cl2NOSi. The molecule has 0 heterocycles. The van der Waals surface area contributed by atoms with Gasteiger partial charge in [-0.1, -0.05) is 50.0 Å². The number of hydrogen-bond donors (Lipinski definition) is 1. The van der Waals surface area contributed by atoms with Crippen molar-refractivity contribution in [1.82, 2.24) is 5.32 Å². The van der Waals surface area contributed by atoms with E-state index >= 15 is 0 Å². The van der Waals surface area contributed by atoms with E-state index in [4.69, 9.17) is 27.6 Å². The first-order valence-electron chi connectivity index (χ1n) is 10.3. The molecule has 0 aliphatic heterocycles. The number of rotatable bonds is 10. The van der Waals surface area contributed by atoms with Crippen LogP contribution in [-0.4, -0.2) is 21.4 Å². The summed E-state index contributed by atoms with van der Waals surface area (Å²) in [5.41, 5.74) is 1.73. The molecule has 3 rings (SSSR count). The van der Waals surface area contributed by atoms with Gasteiger partial charge in [-0.3, -0.25) is 0 Å². The zero-order valence-electron chi connectivity index (χ0n) is 16.4. The summed E-state index contributed by atoms with van der Waals surface area (Å²) < 4.78 is 6.83. The molecule has 2 aliphatic carbocycles. The van der Waals surface area contributed by atoms with Crippen LogP contribution in [0.2, 0.25) is 28.2 Å². The SMILES string of the molecule is CC[Si](CC)(CC)OC(CNCC1CC2(CC2)C1)c1c(Cl)cccc1Cl. The van der Waals surface area contributed by atoms with E-state index in [0.717, 1.165) is 58.2 Å². The van der Waals surface area contributed by atoms with Crippen molar-refractivity contribution in [2.24, 2.45) is 11.3 Å². The van der Waals surface area contributed by atoms with E-state index < -0.39 is 8.32 Å².